The Morgan fingerprint density at radius 2 is 1.97 bits per heavy atom. The largest absolute Gasteiger partial charge is 0.573 e. The average molecular weight is 450 g/mol. The van der Waals surface area contributed by atoms with Crippen LogP contribution in [0, 0.1) is 0 Å². The number of thiazole rings is 1. The molecule has 0 spiro atoms. The van der Waals surface area contributed by atoms with Gasteiger partial charge in [-0.15, -0.1) is 13.2 Å². The molecule has 1 unspecified atom stereocenters. The third kappa shape index (κ3) is 4.74. The number of nitrogens with one attached hydrogen (secondary N) is 3. The van der Waals surface area contributed by atoms with E-state index in [2.05, 4.69) is 25.7 Å². The van der Waals surface area contributed by atoms with Crippen LogP contribution in [0.1, 0.15) is 16.8 Å². The van der Waals surface area contributed by atoms with Crippen molar-refractivity contribution in [1.29, 1.82) is 0 Å². The van der Waals surface area contributed by atoms with Crippen molar-refractivity contribution in [3.63, 3.8) is 0 Å². The number of aromatic nitrogens is 1. The summed E-state index contributed by atoms with van der Waals surface area (Å²) in [5, 5.41) is 7.73. The maximum Gasteiger partial charge on any atom is 0.573 e. The number of fused-ring (bicyclic) bond motifs is 2. The van der Waals surface area contributed by atoms with Gasteiger partial charge in [-0.1, -0.05) is 23.5 Å². The maximum atomic E-state index is 12.4. The number of ether oxygens (including phenoxy) is 1. The van der Waals surface area contributed by atoms with Crippen molar-refractivity contribution in [1.82, 2.24) is 10.3 Å². The van der Waals surface area contributed by atoms with Crippen LogP contribution in [-0.2, 0) is 9.59 Å². The molecule has 160 valence electrons. The second-order valence-corrected chi connectivity index (χ2v) is 7.54. The van der Waals surface area contributed by atoms with Crippen molar-refractivity contribution in [3.05, 3.63) is 48.0 Å². The van der Waals surface area contributed by atoms with Crippen molar-refractivity contribution in [2.24, 2.45) is 0 Å². The number of nitrogens with zero attached hydrogens (tertiary/aromatic N) is 1. The standard InChI is InChI=1S/C19H13F3N4O4S/c20-19(21,22)30-9-5-6-12-14(7-9)31-18(25-12)26-15(27)8-13-17(29)23-11-4-2-1-3-10(11)16(28)24-13/h1-7,13H,8H2,(H,23,29)(H,24,28)(H,25,26,27). The Bertz CT molecular complexity index is 1190. The van der Waals surface area contributed by atoms with Gasteiger partial charge in [0, 0.05) is 6.07 Å². The van der Waals surface area contributed by atoms with E-state index in [1.54, 1.807) is 24.3 Å². The van der Waals surface area contributed by atoms with Crippen LogP contribution in [0.25, 0.3) is 10.2 Å². The zero-order chi connectivity index (χ0) is 22.2. The number of halogens is 3. The molecular formula is C19H13F3N4O4S. The first-order valence-corrected chi connectivity index (χ1v) is 9.66. The van der Waals surface area contributed by atoms with Gasteiger partial charge in [0.25, 0.3) is 5.91 Å². The zero-order valence-electron chi connectivity index (χ0n) is 15.4. The van der Waals surface area contributed by atoms with Gasteiger partial charge in [0.05, 0.1) is 27.9 Å². The van der Waals surface area contributed by atoms with Crippen molar-refractivity contribution >= 4 is 50.1 Å². The van der Waals surface area contributed by atoms with E-state index < -0.39 is 35.9 Å². The monoisotopic (exact) mass is 450 g/mol. The fourth-order valence-electron chi connectivity index (χ4n) is 2.97. The van der Waals surface area contributed by atoms with Crippen LogP contribution in [0.4, 0.5) is 24.0 Å². The van der Waals surface area contributed by atoms with E-state index >= 15 is 0 Å². The van der Waals surface area contributed by atoms with Crippen LogP contribution in [0.3, 0.4) is 0 Å². The van der Waals surface area contributed by atoms with E-state index in [1.807, 2.05) is 0 Å². The molecule has 0 bridgehead atoms. The van der Waals surface area contributed by atoms with Crippen molar-refractivity contribution in [2.45, 2.75) is 18.8 Å². The maximum absolute atomic E-state index is 12.4. The first-order valence-electron chi connectivity index (χ1n) is 8.85. The highest BCUT2D eigenvalue weighted by molar-refractivity contribution is 7.22. The SMILES string of the molecule is O=C(CC1NC(=O)c2ccccc2NC1=O)Nc1nc2ccc(OC(F)(F)F)cc2s1. The summed E-state index contributed by atoms with van der Waals surface area (Å²) in [6, 6.07) is 8.93. The minimum atomic E-state index is -4.82. The van der Waals surface area contributed by atoms with Gasteiger partial charge in [0.15, 0.2) is 5.13 Å². The molecule has 2 heterocycles. The molecule has 0 aliphatic carbocycles. The van der Waals surface area contributed by atoms with Crippen molar-refractivity contribution in [3.8, 4) is 5.75 Å². The molecule has 2 aromatic carbocycles. The fourth-order valence-corrected chi connectivity index (χ4v) is 3.88. The molecule has 1 aliphatic rings. The Hall–Kier alpha value is -3.67. The summed E-state index contributed by atoms with van der Waals surface area (Å²) in [5.41, 5.74) is 0.989. The lowest BCUT2D eigenvalue weighted by Crippen LogP contribution is -2.43. The third-order valence-corrected chi connectivity index (χ3v) is 5.21. The summed E-state index contributed by atoms with van der Waals surface area (Å²) < 4.78 is 41.3. The third-order valence-electron chi connectivity index (χ3n) is 4.28. The highest BCUT2D eigenvalue weighted by atomic mass is 32.1. The number of hydrogen-bond donors (Lipinski definition) is 3. The fraction of sp³-hybridized carbons (Fsp3) is 0.158. The predicted molar refractivity (Wildman–Crippen MR) is 106 cm³/mol. The summed E-state index contributed by atoms with van der Waals surface area (Å²) in [4.78, 5) is 41.2. The van der Waals surface area contributed by atoms with Gasteiger partial charge in [-0.25, -0.2) is 4.98 Å². The molecule has 0 radical (unpaired) electrons. The normalized spacial score (nSPS) is 16.2. The summed E-state index contributed by atoms with van der Waals surface area (Å²) in [7, 11) is 0. The summed E-state index contributed by atoms with van der Waals surface area (Å²) in [6.07, 6.45) is -5.18. The van der Waals surface area contributed by atoms with E-state index in [-0.39, 0.29) is 17.1 Å². The second kappa shape index (κ2) is 7.87. The van der Waals surface area contributed by atoms with Gasteiger partial charge in [0.1, 0.15) is 11.8 Å². The van der Waals surface area contributed by atoms with Gasteiger partial charge in [-0.3, -0.25) is 14.4 Å². The Kier molecular flexibility index (Phi) is 5.23. The van der Waals surface area contributed by atoms with Crippen LogP contribution in [0.5, 0.6) is 5.75 Å². The number of amides is 3. The molecular weight excluding hydrogens is 437 g/mol. The van der Waals surface area contributed by atoms with E-state index in [0.717, 1.165) is 23.5 Å². The summed E-state index contributed by atoms with van der Waals surface area (Å²) >= 11 is 0.945. The number of rotatable bonds is 4. The number of hydrogen-bond acceptors (Lipinski definition) is 6. The van der Waals surface area contributed by atoms with Crippen LogP contribution < -0.4 is 20.7 Å². The van der Waals surface area contributed by atoms with Gasteiger partial charge in [-0.05, 0) is 24.3 Å². The molecule has 4 rings (SSSR count). The van der Waals surface area contributed by atoms with Crippen LogP contribution in [0.15, 0.2) is 42.5 Å². The highest BCUT2D eigenvalue weighted by Gasteiger charge is 2.31. The molecule has 3 amide bonds. The summed E-state index contributed by atoms with van der Waals surface area (Å²) in [6.45, 7) is 0. The Labute approximate surface area is 176 Å². The van der Waals surface area contributed by atoms with Crippen LogP contribution in [-0.4, -0.2) is 35.1 Å². The lowest BCUT2D eigenvalue weighted by atomic mass is 10.1. The molecule has 12 heteroatoms. The minimum Gasteiger partial charge on any atom is -0.406 e. The molecule has 1 aliphatic heterocycles. The number of anilines is 2. The molecule has 31 heavy (non-hydrogen) atoms. The molecule has 1 aromatic heterocycles. The number of benzene rings is 2. The van der Waals surface area contributed by atoms with E-state index in [4.69, 9.17) is 0 Å². The molecule has 1 atom stereocenters. The second-order valence-electron chi connectivity index (χ2n) is 6.51. The zero-order valence-corrected chi connectivity index (χ0v) is 16.3. The first kappa shape index (κ1) is 20.6. The van der Waals surface area contributed by atoms with E-state index in [9.17, 15) is 27.6 Å². The van der Waals surface area contributed by atoms with Gasteiger partial charge in [-0.2, -0.15) is 0 Å². The van der Waals surface area contributed by atoms with E-state index in [1.165, 1.54) is 6.07 Å². The van der Waals surface area contributed by atoms with Crippen LogP contribution >= 0.6 is 11.3 Å². The molecule has 0 fully saturated rings. The van der Waals surface area contributed by atoms with Crippen molar-refractivity contribution < 1.29 is 32.3 Å². The number of para-hydroxylation sites is 1. The molecule has 3 aromatic rings. The molecule has 0 saturated carbocycles. The predicted octanol–water partition coefficient (Wildman–Crippen LogP) is 3.27. The Morgan fingerprint density at radius 3 is 2.74 bits per heavy atom. The molecule has 3 N–H and O–H groups in total. The first-order chi connectivity index (χ1) is 14.7. The lowest BCUT2D eigenvalue weighted by molar-refractivity contribution is -0.274. The summed E-state index contributed by atoms with van der Waals surface area (Å²) in [5.74, 6) is -2.05. The van der Waals surface area contributed by atoms with Gasteiger partial charge in [0.2, 0.25) is 11.8 Å². The molecule has 0 saturated heterocycles. The molecule has 8 nitrogen and oxygen atoms in total. The quantitative estimate of drug-likeness (QED) is 0.565. The van der Waals surface area contributed by atoms with Crippen molar-refractivity contribution in [2.75, 3.05) is 10.6 Å². The highest BCUT2D eigenvalue weighted by Crippen LogP contribution is 2.31. The topological polar surface area (TPSA) is 109 Å². The Balaban J connectivity index is 1.44. The number of alkyl halides is 3. The average Bonchev–Trinajstić information content (AvgIpc) is 3.02. The van der Waals surface area contributed by atoms with Crippen LogP contribution in [0.2, 0.25) is 0 Å². The van der Waals surface area contributed by atoms with Gasteiger partial charge < -0.3 is 20.7 Å². The number of carbonyl (C=O) groups excluding carboxylic acids is 3. The minimum absolute atomic E-state index is 0.132. The van der Waals surface area contributed by atoms with E-state index in [0.29, 0.717) is 15.9 Å². The Morgan fingerprint density at radius 1 is 1.19 bits per heavy atom. The smallest absolute Gasteiger partial charge is 0.406 e. The number of carbonyl (C=O) groups is 3. The van der Waals surface area contributed by atoms with Gasteiger partial charge >= 0.3 is 6.36 Å². The lowest BCUT2D eigenvalue weighted by Gasteiger charge is -2.13.